The van der Waals surface area contributed by atoms with Crippen molar-refractivity contribution in [3.8, 4) is 11.5 Å². The molecule has 0 aliphatic heterocycles. The number of benzene rings is 2. The zero-order valence-corrected chi connectivity index (χ0v) is 17.0. The number of fused-ring (bicyclic) bond motifs is 1. The average molecular weight is 412 g/mol. The molecule has 0 unspecified atom stereocenters. The van der Waals surface area contributed by atoms with Crippen molar-refractivity contribution >= 4 is 34.1 Å². The van der Waals surface area contributed by atoms with E-state index in [-0.39, 0.29) is 11.8 Å². The highest BCUT2D eigenvalue weighted by Crippen LogP contribution is 2.25. The number of hydrazone groups is 1. The molecule has 2 aromatic carbocycles. The van der Waals surface area contributed by atoms with Crippen molar-refractivity contribution in [3.63, 3.8) is 0 Å². The summed E-state index contributed by atoms with van der Waals surface area (Å²) in [6, 6.07) is 19.9. The second-order valence-electron chi connectivity index (χ2n) is 6.95. The van der Waals surface area contributed by atoms with Crippen LogP contribution in [0.2, 0.25) is 0 Å². The molecule has 31 heavy (non-hydrogen) atoms. The molecule has 4 aromatic rings. The number of pyridine rings is 1. The van der Waals surface area contributed by atoms with Crippen LogP contribution < -0.4 is 10.7 Å². The molecule has 0 aliphatic rings. The minimum atomic E-state index is -0.358. The Balaban J connectivity index is 1.63. The number of anilines is 1. The van der Waals surface area contributed by atoms with Crippen LogP contribution in [0.4, 0.5) is 5.69 Å². The van der Waals surface area contributed by atoms with Crippen LogP contribution in [-0.4, -0.2) is 22.5 Å². The number of carbonyl (C=O) groups excluding carboxylic acids is 2. The Labute approximate surface area is 178 Å². The van der Waals surface area contributed by atoms with Gasteiger partial charge in [0, 0.05) is 18.0 Å². The molecule has 4 rings (SSSR count). The van der Waals surface area contributed by atoms with Crippen molar-refractivity contribution in [2.75, 3.05) is 5.32 Å². The highest BCUT2D eigenvalue weighted by Gasteiger charge is 2.15. The van der Waals surface area contributed by atoms with Crippen LogP contribution >= 0.6 is 0 Å². The average Bonchev–Trinajstić information content (AvgIpc) is 3.31. The zero-order chi connectivity index (χ0) is 21.8. The molecule has 0 bridgehead atoms. The van der Waals surface area contributed by atoms with E-state index >= 15 is 0 Å². The minimum absolute atomic E-state index is 0.156. The normalized spacial score (nSPS) is 11.4. The van der Waals surface area contributed by atoms with Crippen molar-refractivity contribution in [2.45, 2.75) is 13.8 Å². The molecule has 0 aliphatic carbocycles. The molecule has 2 N–H and O–H groups in total. The minimum Gasteiger partial charge on any atom is -0.463 e. The van der Waals surface area contributed by atoms with Crippen molar-refractivity contribution < 1.29 is 14.0 Å². The van der Waals surface area contributed by atoms with E-state index in [1.54, 1.807) is 43.5 Å². The van der Waals surface area contributed by atoms with E-state index in [4.69, 9.17) is 4.42 Å². The summed E-state index contributed by atoms with van der Waals surface area (Å²) in [6.45, 7) is 3.23. The number of amides is 2. The lowest BCUT2D eigenvalue weighted by molar-refractivity contribution is -0.114. The number of hydrogen-bond acceptors (Lipinski definition) is 5. The van der Waals surface area contributed by atoms with E-state index in [9.17, 15) is 9.59 Å². The van der Waals surface area contributed by atoms with Crippen LogP contribution in [0.25, 0.3) is 22.4 Å². The quantitative estimate of drug-likeness (QED) is 0.370. The molecule has 0 fully saturated rings. The summed E-state index contributed by atoms with van der Waals surface area (Å²) >= 11 is 0. The number of aromatic nitrogens is 1. The van der Waals surface area contributed by atoms with Crippen molar-refractivity contribution in [1.29, 1.82) is 0 Å². The molecule has 2 aromatic heterocycles. The van der Waals surface area contributed by atoms with Crippen LogP contribution in [0.3, 0.4) is 0 Å². The number of nitrogens with zero attached hydrogens (tertiary/aromatic N) is 2. The fraction of sp³-hybridized carbons (Fsp3) is 0.0833. The molecule has 0 saturated heterocycles. The van der Waals surface area contributed by atoms with Gasteiger partial charge in [-0.3, -0.25) is 9.59 Å². The SMILES string of the molecule is CC(=O)Nc1cccc(/C(C)=N\NC(=O)c2cc(-c3ccco3)nc3ccccc23)c1. The number of furan rings is 1. The van der Waals surface area contributed by atoms with Gasteiger partial charge in [-0.05, 0) is 48.9 Å². The fourth-order valence-electron chi connectivity index (χ4n) is 3.20. The topological polar surface area (TPSA) is 96.6 Å². The number of nitrogens with one attached hydrogen (secondary N) is 2. The third-order valence-electron chi connectivity index (χ3n) is 4.66. The van der Waals surface area contributed by atoms with E-state index in [2.05, 4.69) is 20.8 Å². The largest absolute Gasteiger partial charge is 0.463 e. The predicted molar refractivity (Wildman–Crippen MR) is 120 cm³/mol. The van der Waals surface area contributed by atoms with Gasteiger partial charge in [0.25, 0.3) is 5.91 Å². The second-order valence-corrected chi connectivity index (χ2v) is 6.95. The zero-order valence-electron chi connectivity index (χ0n) is 17.0. The standard InChI is InChI=1S/C24H20N4O3/c1-15(17-7-5-8-18(13-17)25-16(2)29)27-28-24(30)20-14-22(23-11-6-12-31-23)26-21-10-4-3-9-19(20)21/h3-14H,1-2H3,(H,25,29)(H,28,30)/b27-15-. The molecule has 7 heteroatoms. The van der Waals surface area contributed by atoms with Gasteiger partial charge < -0.3 is 9.73 Å². The summed E-state index contributed by atoms with van der Waals surface area (Å²) in [5.41, 5.74) is 6.37. The van der Waals surface area contributed by atoms with Gasteiger partial charge in [-0.25, -0.2) is 10.4 Å². The van der Waals surface area contributed by atoms with Crippen LogP contribution in [0, 0.1) is 0 Å². The first-order valence-corrected chi connectivity index (χ1v) is 9.67. The Morgan fingerprint density at radius 2 is 1.81 bits per heavy atom. The first kappa shape index (κ1) is 20.0. The van der Waals surface area contributed by atoms with Crippen LogP contribution in [0.5, 0.6) is 0 Å². The van der Waals surface area contributed by atoms with E-state index < -0.39 is 0 Å². The molecule has 7 nitrogen and oxygen atoms in total. The molecule has 0 spiro atoms. The molecule has 0 radical (unpaired) electrons. The highest BCUT2D eigenvalue weighted by atomic mass is 16.3. The Morgan fingerprint density at radius 3 is 2.58 bits per heavy atom. The van der Waals surface area contributed by atoms with E-state index in [1.807, 2.05) is 36.4 Å². The summed E-state index contributed by atoms with van der Waals surface area (Å²) < 4.78 is 5.45. The Kier molecular flexibility index (Phi) is 5.57. The van der Waals surface area contributed by atoms with E-state index in [0.717, 1.165) is 10.9 Å². The first-order chi connectivity index (χ1) is 15.0. The number of rotatable bonds is 5. The molecule has 2 heterocycles. The summed E-state index contributed by atoms with van der Waals surface area (Å²) in [7, 11) is 0. The van der Waals surface area contributed by atoms with Crippen molar-refractivity contribution in [1.82, 2.24) is 10.4 Å². The molecule has 0 atom stereocenters. The molecule has 154 valence electrons. The fourth-order valence-corrected chi connectivity index (χ4v) is 3.20. The van der Waals surface area contributed by atoms with Gasteiger partial charge in [-0.1, -0.05) is 30.3 Å². The third kappa shape index (κ3) is 4.51. The summed E-state index contributed by atoms with van der Waals surface area (Å²) in [6.07, 6.45) is 1.56. The molecular weight excluding hydrogens is 392 g/mol. The Morgan fingerprint density at radius 1 is 0.968 bits per heavy atom. The smallest absolute Gasteiger partial charge is 0.272 e. The number of carbonyl (C=O) groups is 2. The van der Waals surface area contributed by atoms with Crippen molar-refractivity contribution in [3.05, 3.63) is 84.1 Å². The summed E-state index contributed by atoms with van der Waals surface area (Å²) in [5, 5.41) is 7.70. The predicted octanol–water partition coefficient (Wildman–Crippen LogP) is 4.61. The Hall–Kier alpha value is -4.26. The van der Waals surface area contributed by atoms with E-state index in [1.165, 1.54) is 6.92 Å². The molecule has 0 saturated carbocycles. The number of para-hydroxylation sites is 1. The van der Waals surface area contributed by atoms with E-state index in [0.29, 0.717) is 33.9 Å². The first-order valence-electron chi connectivity index (χ1n) is 9.67. The maximum absolute atomic E-state index is 13.0. The van der Waals surface area contributed by atoms with Gasteiger partial charge in [0.1, 0.15) is 5.69 Å². The van der Waals surface area contributed by atoms with Gasteiger partial charge in [0.05, 0.1) is 23.1 Å². The molecular formula is C24H20N4O3. The van der Waals surface area contributed by atoms with Gasteiger partial charge in [0.2, 0.25) is 5.91 Å². The Bertz CT molecular complexity index is 1290. The monoisotopic (exact) mass is 412 g/mol. The lowest BCUT2D eigenvalue weighted by atomic mass is 10.1. The highest BCUT2D eigenvalue weighted by molar-refractivity contribution is 6.08. The maximum Gasteiger partial charge on any atom is 0.272 e. The van der Waals surface area contributed by atoms with Crippen LogP contribution in [0.1, 0.15) is 29.8 Å². The van der Waals surface area contributed by atoms with Crippen LogP contribution in [-0.2, 0) is 4.79 Å². The van der Waals surface area contributed by atoms with Gasteiger partial charge in [-0.15, -0.1) is 0 Å². The van der Waals surface area contributed by atoms with Gasteiger partial charge in [0.15, 0.2) is 5.76 Å². The van der Waals surface area contributed by atoms with Crippen molar-refractivity contribution in [2.24, 2.45) is 5.10 Å². The van der Waals surface area contributed by atoms with Gasteiger partial charge >= 0.3 is 0 Å². The summed E-state index contributed by atoms with van der Waals surface area (Å²) in [4.78, 5) is 28.9. The third-order valence-corrected chi connectivity index (χ3v) is 4.66. The second kappa shape index (κ2) is 8.62. The van der Waals surface area contributed by atoms with Gasteiger partial charge in [-0.2, -0.15) is 5.10 Å². The lowest BCUT2D eigenvalue weighted by Gasteiger charge is -2.09. The molecule has 2 amide bonds. The lowest BCUT2D eigenvalue weighted by Crippen LogP contribution is -2.20. The summed E-state index contributed by atoms with van der Waals surface area (Å²) in [5.74, 6) is 0.0648. The number of hydrogen-bond donors (Lipinski definition) is 2. The van der Waals surface area contributed by atoms with Crippen LogP contribution in [0.15, 0.2) is 82.5 Å². The maximum atomic E-state index is 13.0.